The Kier molecular flexibility index (Phi) is 6.90. The number of hydrogen-bond donors (Lipinski definition) is 0. The van der Waals surface area contributed by atoms with Crippen molar-refractivity contribution < 1.29 is 14.1 Å². The maximum atomic E-state index is 12.7. The van der Waals surface area contributed by atoms with E-state index in [2.05, 4.69) is 15.0 Å². The largest absolute Gasteiger partial charge is 0.484 e. The Hall–Kier alpha value is -3.19. The normalized spacial score (nSPS) is 17.6. The SMILES string of the molecule is Cc1ccc(-c2noc(-c3ccc(OCC(=O)N4CCN(C5CCCCC5)CC4)cc3)n2)cc1. The summed E-state index contributed by atoms with van der Waals surface area (Å²) < 4.78 is 11.2. The van der Waals surface area contributed by atoms with Crippen molar-refractivity contribution in [2.75, 3.05) is 32.8 Å². The number of hydrogen-bond acceptors (Lipinski definition) is 6. The van der Waals surface area contributed by atoms with E-state index in [1.165, 1.54) is 37.7 Å². The molecule has 1 aliphatic carbocycles. The molecular weight excluding hydrogens is 428 g/mol. The Morgan fingerprint density at radius 1 is 0.941 bits per heavy atom. The van der Waals surface area contributed by atoms with E-state index in [-0.39, 0.29) is 12.5 Å². The van der Waals surface area contributed by atoms with Crippen LogP contribution in [0.4, 0.5) is 0 Å². The zero-order chi connectivity index (χ0) is 23.3. The number of aryl methyl sites for hydroxylation is 1. The molecule has 1 aromatic heterocycles. The molecular formula is C27H32N4O3. The fourth-order valence-electron chi connectivity index (χ4n) is 4.87. The Morgan fingerprint density at radius 3 is 2.32 bits per heavy atom. The maximum Gasteiger partial charge on any atom is 0.260 e. The first-order chi connectivity index (χ1) is 16.7. The predicted molar refractivity (Wildman–Crippen MR) is 130 cm³/mol. The van der Waals surface area contributed by atoms with E-state index in [1.54, 1.807) is 0 Å². The second kappa shape index (κ2) is 10.4. The Morgan fingerprint density at radius 2 is 1.62 bits per heavy atom. The van der Waals surface area contributed by atoms with Gasteiger partial charge in [-0.1, -0.05) is 54.2 Å². The van der Waals surface area contributed by atoms with Gasteiger partial charge in [0, 0.05) is 43.3 Å². The average molecular weight is 461 g/mol. The quantitative estimate of drug-likeness (QED) is 0.537. The van der Waals surface area contributed by atoms with Gasteiger partial charge in [-0.25, -0.2) is 0 Å². The van der Waals surface area contributed by atoms with Crippen molar-refractivity contribution in [2.45, 2.75) is 45.1 Å². The van der Waals surface area contributed by atoms with Crippen LogP contribution in [0.15, 0.2) is 53.1 Å². The highest BCUT2D eigenvalue weighted by atomic mass is 16.5. The lowest BCUT2D eigenvalue weighted by Crippen LogP contribution is -2.53. The topological polar surface area (TPSA) is 71.7 Å². The molecule has 1 saturated heterocycles. The van der Waals surface area contributed by atoms with Gasteiger partial charge in [0.25, 0.3) is 11.8 Å². The first-order valence-corrected chi connectivity index (χ1v) is 12.3. The minimum Gasteiger partial charge on any atom is -0.484 e. The first-order valence-electron chi connectivity index (χ1n) is 12.3. The van der Waals surface area contributed by atoms with Crippen molar-refractivity contribution >= 4 is 5.91 Å². The lowest BCUT2D eigenvalue weighted by molar-refractivity contribution is -0.135. The summed E-state index contributed by atoms with van der Waals surface area (Å²) >= 11 is 0. The van der Waals surface area contributed by atoms with Crippen LogP contribution in [0.3, 0.4) is 0 Å². The molecule has 2 aliphatic rings. The van der Waals surface area contributed by atoms with Gasteiger partial charge in [0.05, 0.1) is 0 Å². The third kappa shape index (κ3) is 5.30. The molecule has 0 atom stereocenters. The summed E-state index contributed by atoms with van der Waals surface area (Å²) in [6, 6.07) is 16.1. The molecule has 2 fully saturated rings. The minimum atomic E-state index is 0.0482. The fourth-order valence-corrected chi connectivity index (χ4v) is 4.87. The van der Waals surface area contributed by atoms with Crippen molar-refractivity contribution in [3.8, 4) is 28.6 Å². The molecule has 0 spiro atoms. The summed E-state index contributed by atoms with van der Waals surface area (Å²) in [6.07, 6.45) is 6.68. The molecule has 178 valence electrons. The maximum absolute atomic E-state index is 12.7. The number of amides is 1. The third-order valence-electron chi connectivity index (χ3n) is 6.96. The van der Waals surface area contributed by atoms with Gasteiger partial charge in [-0.05, 0) is 44.0 Å². The smallest absolute Gasteiger partial charge is 0.260 e. The van der Waals surface area contributed by atoms with Crippen LogP contribution >= 0.6 is 0 Å². The highest BCUT2D eigenvalue weighted by Crippen LogP contribution is 2.25. The number of aromatic nitrogens is 2. The molecule has 1 saturated carbocycles. The van der Waals surface area contributed by atoms with Crippen molar-refractivity contribution in [3.63, 3.8) is 0 Å². The number of ether oxygens (including phenoxy) is 1. The molecule has 7 nitrogen and oxygen atoms in total. The summed E-state index contributed by atoms with van der Waals surface area (Å²) in [5, 5.41) is 4.09. The van der Waals surface area contributed by atoms with Gasteiger partial charge in [0.1, 0.15) is 5.75 Å². The molecule has 7 heteroatoms. The fraction of sp³-hybridized carbons (Fsp3) is 0.444. The van der Waals surface area contributed by atoms with Gasteiger partial charge in [-0.2, -0.15) is 4.98 Å². The van der Waals surface area contributed by atoms with Crippen LogP contribution < -0.4 is 4.74 Å². The van der Waals surface area contributed by atoms with Crippen molar-refractivity contribution in [2.24, 2.45) is 0 Å². The van der Waals surface area contributed by atoms with E-state index >= 15 is 0 Å². The number of carbonyl (C=O) groups excluding carboxylic acids is 1. The lowest BCUT2D eigenvalue weighted by Gasteiger charge is -2.40. The van der Waals surface area contributed by atoms with Crippen LogP contribution in [0.25, 0.3) is 22.8 Å². The highest BCUT2D eigenvalue weighted by Gasteiger charge is 2.27. The van der Waals surface area contributed by atoms with E-state index in [1.807, 2.05) is 60.4 Å². The highest BCUT2D eigenvalue weighted by molar-refractivity contribution is 5.78. The van der Waals surface area contributed by atoms with E-state index in [4.69, 9.17) is 9.26 Å². The summed E-state index contributed by atoms with van der Waals surface area (Å²) in [5.74, 6) is 1.71. The van der Waals surface area contributed by atoms with Gasteiger partial charge < -0.3 is 14.2 Å². The van der Waals surface area contributed by atoms with Crippen molar-refractivity contribution in [1.82, 2.24) is 19.9 Å². The van der Waals surface area contributed by atoms with Gasteiger partial charge in [-0.3, -0.25) is 9.69 Å². The number of carbonyl (C=O) groups is 1. The van der Waals surface area contributed by atoms with Crippen LogP contribution in [-0.4, -0.2) is 64.7 Å². The Labute approximate surface area is 200 Å². The molecule has 0 N–H and O–H groups in total. The van der Waals surface area contributed by atoms with E-state index in [0.29, 0.717) is 23.5 Å². The van der Waals surface area contributed by atoms with Crippen LogP contribution in [-0.2, 0) is 4.79 Å². The second-order valence-corrected chi connectivity index (χ2v) is 9.31. The molecule has 0 unspecified atom stereocenters. The van der Waals surface area contributed by atoms with Gasteiger partial charge in [0.2, 0.25) is 5.82 Å². The molecule has 5 rings (SSSR count). The molecule has 3 aromatic rings. The van der Waals surface area contributed by atoms with E-state index in [9.17, 15) is 4.79 Å². The van der Waals surface area contributed by atoms with Crippen LogP contribution in [0.1, 0.15) is 37.7 Å². The molecule has 1 amide bonds. The Balaban J connectivity index is 1.11. The minimum absolute atomic E-state index is 0.0482. The van der Waals surface area contributed by atoms with E-state index in [0.717, 1.165) is 37.3 Å². The molecule has 2 aromatic carbocycles. The van der Waals surface area contributed by atoms with Crippen LogP contribution in [0, 0.1) is 6.92 Å². The number of rotatable bonds is 6. The van der Waals surface area contributed by atoms with Crippen LogP contribution in [0.2, 0.25) is 0 Å². The summed E-state index contributed by atoms with van der Waals surface area (Å²) in [6.45, 7) is 5.62. The van der Waals surface area contributed by atoms with Gasteiger partial charge >= 0.3 is 0 Å². The number of benzene rings is 2. The lowest BCUT2D eigenvalue weighted by atomic mass is 9.94. The molecule has 0 radical (unpaired) electrons. The average Bonchev–Trinajstić information content (AvgIpc) is 3.39. The van der Waals surface area contributed by atoms with Crippen molar-refractivity contribution in [3.05, 3.63) is 54.1 Å². The predicted octanol–water partition coefficient (Wildman–Crippen LogP) is 4.57. The van der Waals surface area contributed by atoms with Gasteiger partial charge in [0.15, 0.2) is 6.61 Å². The summed E-state index contributed by atoms with van der Waals surface area (Å²) in [5.41, 5.74) is 2.91. The Bertz CT molecular complexity index is 1080. The van der Waals surface area contributed by atoms with Crippen LogP contribution in [0.5, 0.6) is 5.75 Å². The van der Waals surface area contributed by atoms with Crippen molar-refractivity contribution in [1.29, 1.82) is 0 Å². The first kappa shape index (κ1) is 22.6. The molecule has 0 bridgehead atoms. The monoisotopic (exact) mass is 460 g/mol. The summed E-state index contributed by atoms with van der Waals surface area (Å²) in [7, 11) is 0. The number of nitrogens with zero attached hydrogens (tertiary/aromatic N) is 4. The molecule has 34 heavy (non-hydrogen) atoms. The third-order valence-corrected chi connectivity index (χ3v) is 6.96. The number of piperazine rings is 1. The summed E-state index contributed by atoms with van der Waals surface area (Å²) in [4.78, 5) is 21.7. The zero-order valence-corrected chi connectivity index (χ0v) is 19.8. The van der Waals surface area contributed by atoms with Gasteiger partial charge in [-0.15, -0.1) is 0 Å². The zero-order valence-electron chi connectivity index (χ0n) is 19.8. The standard InChI is InChI=1S/C27H32N4O3/c1-20-7-9-21(10-8-20)26-28-27(34-29-26)22-11-13-24(14-12-22)33-19-25(32)31-17-15-30(16-18-31)23-5-3-2-4-6-23/h7-14,23H,2-6,15-19H2,1H3. The molecule has 2 heterocycles. The molecule has 1 aliphatic heterocycles. The van der Waals surface area contributed by atoms with E-state index < -0.39 is 0 Å². The second-order valence-electron chi connectivity index (χ2n) is 9.31.